The number of likely N-dealkylation sites (N-methyl/N-ethyl adjacent to an activating group) is 1. The van der Waals surface area contributed by atoms with E-state index >= 15 is 0 Å². The molecule has 3 nitrogen and oxygen atoms in total. The lowest BCUT2D eigenvalue weighted by Crippen LogP contribution is -2.26. The van der Waals surface area contributed by atoms with E-state index in [4.69, 9.17) is 0 Å². The lowest BCUT2D eigenvalue weighted by atomic mass is 10.0. The molecule has 0 radical (unpaired) electrons. The topological polar surface area (TPSA) is 21.1 Å². The molecular weight excluding hydrogens is 282 g/mol. The van der Waals surface area contributed by atoms with Gasteiger partial charge in [-0.1, -0.05) is 17.7 Å². The van der Waals surface area contributed by atoms with Crippen molar-refractivity contribution in [2.75, 3.05) is 13.6 Å². The van der Waals surface area contributed by atoms with E-state index < -0.39 is 0 Å². The maximum absolute atomic E-state index is 4.39. The van der Waals surface area contributed by atoms with Crippen LogP contribution < -0.4 is 0 Å². The number of hydrogen-bond acceptors (Lipinski definition) is 2. The van der Waals surface area contributed by atoms with E-state index in [1.165, 1.54) is 27.7 Å². The first-order valence-electron chi connectivity index (χ1n) is 8.12. The van der Waals surface area contributed by atoms with E-state index in [9.17, 15) is 0 Å². The molecule has 0 bridgehead atoms. The van der Waals surface area contributed by atoms with Gasteiger partial charge in [0.25, 0.3) is 0 Å². The van der Waals surface area contributed by atoms with Gasteiger partial charge >= 0.3 is 0 Å². The maximum atomic E-state index is 4.39. The first kappa shape index (κ1) is 14.2. The Labute approximate surface area is 136 Å². The highest BCUT2D eigenvalue weighted by Gasteiger charge is 2.21. The number of fused-ring (bicyclic) bond motifs is 3. The third-order valence-corrected chi connectivity index (χ3v) is 4.62. The van der Waals surface area contributed by atoms with Gasteiger partial charge in [0.2, 0.25) is 0 Å². The number of rotatable bonds is 2. The Bertz CT molecular complexity index is 875. The minimum Gasteiger partial charge on any atom is -0.320 e. The van der Waals surface area contributed by atoms with Crippen LogP contribution in [0.25, 0.3) is 23.2 Å². The first-order valence-corrected chi connectivity index (χ1v) is 8.12. The maximum Gasteiger partial charge on any atom is 0.0644 e. The van der Waals surface area contributed by atoms with Gasteiger partial charge in [0, 0.05) is 43.0 Å². The van der Waals surface area contributed by atoms with Crippen LogP contribution in [-0.2, 0) is 13.0 Å². The third-order valence-electron chi connectivity index (χ3n) is 4.62. The lowest BCUT2D eigenvalue weighted by molar-refractivity contribution is 0.312. The summed E-state index contributed by atoms with van der Waals surface area (Å²) < 4.78 is 2.35. The second-order valence-corrected chi connectivity index (χ2v) is 6.37. The summed E-state index contributed by atoms with van der Waals surface area (Å²) in [5.41, 5.74) is 6.52. The molecule has 4 rings (SSSR count). The summed E-state index contributed by atoms with van der Waals surface area (Å²) in [6.07, 6.45) is 7.19. The normalized spacial score (nSPS) is 15.4. The minimum atomic E-state index is 0.989. The summed E-state index contributed by atoms with van der Waals surface area (Å²) in [5.74, 6) is 0. The third kappa shape index (κ3) is 2.57. The molecule has 1 aromatic carbocycles. The van der Waals surface area contributed by atoms with Crippen LogP contribution in [0.15, 0.2) is 42.6 Å². The lowest BCUT2D eigenvalue weighted by Gasteiger charge is -2.23. The number of nitrogens with zero attached hydrogens (tertiary/aromatic N) is 3. The van der Waals surface area contributed by atoms with E-state index in [-0.39, 0.29) is 0 Å². The fourth-order valence-electron chi connectivity index (χ4n) is 3.44. The zero-order valence-electron chi connectivity index (χ0n) is 13.7. The van der Waals surface area contributed by atoms with Crippen molar-refractivity contribution in [1.29, 1.82) is 0 Å². The van der Waals surface area contributed by atoms with E-state index in [1.54, 1.807) is 0 Å². The van der Waals surface area contributed by atoms with Gasteiger partial charge in [0.15, 0.2) is 0 Å². The van der Waals surface area contributed by atoms with Gasteiger partial charge in [-0.3, -0.25) is 4.98 Å². The molecule has 23 heavy (non-hydrogen) atoms. The van der Waals surface area contributed by atoms with Crippen LogP contribution in [0.2, 0.25) is 0 Å². The van der Waals surface area contributed by atoms with Crippen molar-refractivity contribution >= 4 is 23.2 Å². The predicted octanol–water partition coefficient (Wildman–Crippen LogP) is 3.96. The molecule has 2 aromatic heterocycles. The molecular formula is C20H21N3. The zero-order chi connectivity index (χ0) is 15.8. The molecule has 0 atom stereocenters. The highest BCUT2D eigenvalue weighted by atomic mass is 15.1. The van der Waals surface area contributed by atoms with Crippen molar-refractivity contribution in [3.8, 4) is 0 Å². The Hall–Kier alpha value is -2.39. The van der Waals surface area contributed by atoms with E-state index in [1.807, 2.05) is 24.4 Å². The van der Waals surface area contributed by atoms with E-state index in [0.29, 0.717) is 0 Å². The Morgan fingerprint density at radius 3 is 2.91 bits per heavy atom. The van der Waals surface area contributed by atoms with Gasteiger partial charge in [-0.15, -0.1) is 0 Å². The van der Waals surface area contributed by atoms with Crippen LogP contribution >= 0.6 is 0 Å². The summed E-state index contributed by atoms with van der Waals surface area (Å²) in [4.78, 5) is 6.79. The molecule has 0 fully saturated rings. The predicted molar refractivity (Wildman–Crippen MR) is 96.2 cm³/mol. The van der Waals surface area contributed by atoms with E-state index in [2.05, 4.69) is 58.9 Å². The zero-order valence-corrected chi connectivity index (χ0v) is 13.7. The van der Waals surface area contributed by atoms with Gasteiger partial charge in [-0.2, -0.15) is 0 Å². The molecule has 0 spiro atoms. The molecule has 0 N–H and O–H groups in total. The van der Waals surface area contributed by atoms with Crippen molar-refractivity contribution in [2.24, 2.45) is 0 Å². The molecule has 1 aliphatic heterocycles. The smallest absolute Gasteiger partial charge is 0.0644 e. The Balaban J connectivity index is 1.87. The van der Waals surface area contributed by atoms with Crippen LogP contribution in [0.5, 0.6) is 0 Å². The standard InChI is InChI=1S/C20H21N3/c1-15-6-7-19-17(13-15)18-14-22(2)11-9-20(18)23(19)12-8-16-5-3-4-10-21-16/h3-8,10,12-13H,9,11,14H2,1-2H3/b12-8+. The van der Waals surface area contributed by atoms with Gasteiger partial charge in [-0.05, 0) is 49.9 Å². The van der Waals surface area contributed by atoms with Crippen molar-refractivity contribution in [3.63, 3.8) is 0 Å². The summed E-state index contributed by atoms with van der Waals surface area (Å²) in [6, 6.07) is 12.8. The molecule has 0 saturated carbocycles. The van der Waals surface area contributed by atoms with E-state index in [0.717, 1.165) is 25.2 Å². The molecule has 0 unspecified atom stereocenters. The minimum absolute atomic E-state index is 0.989. The highest BCUT2D eigenvalue weighted by Crippen LogP contribution is 2.31. The van der Waals surface area contributed by atoms with Crippen molar-refractivity contribution < 1.29 is 0 Å². The van der Waals surface area contributed by atoms with Crippen molar-refractivity contribution in [1.82, 2.24) is 14.5 Å². The molecule has 3 heterocycles. The number of benzene rings is 1. The van der Waals surface area contributed by atoms with Crippen LogP contribution in [0.3, 0.4) is 0 Å². The summed E-state index contributed by atoms with van der Waals surface area (Å²) in [5, 5.41) is 1.39. The molecule has 0 saturated heterocycles. The average Bonchev–Trinajstić information content (AvgIpc) is 2.86. The summed E-state index contributed by atoms with van der Waals surface area (Å²) in [6.45, 7) is 4.30. The molecule has 116 valence electrons. The number of aromatic nitrogens is 2. The first-order chi connectivity index (χ1) is 11.2. The Morgan fingerprint density at radius 2 is 2.09 bits per heavy atom. The van der Waals surface area contributed by atoms with Gasteiger partial charge < -0.3 is 9.47 Å². The molecule has 1 aliphatic rings. The van der Waals surface area contributed by atoms with Crippen LogP contribution in [0, 0.1) is 6.92 Å². The highest BCUT2D eigenvalue weighted by molar-refractivity contribution is 5.89. The molecule has 3 aromatic rings. The van der Waals surface area contributed by atoms with Gasteiger partial charge in [-0.25, -0.2) is 0 Å². The Morgan fingerprint density at radius 1 is 1.17 bits per heavy atom. The number of pyridine rings is 1. The molecule has 3 heteroatoms. The van der Waals surface area contributed by atoms with Crippen molar-refractivity contribution in [2.45, 2.75) is 19.9 Å². The second-order valence-electron chi connectivity index (χ2n) is 6.37. The van der Waals surface area contributed by atoms with Crippen LogP contribution in [0.4, 0.5) is 0 Å². The molecule has 0 aliphatic carbocycles. The van der Waals surface area contributed by atoms with Gasteiger partial charge in [0.1, 0.15) is 0 Å². The largest absolute Gasteiger partial charge is 0.320 e. The molecule has 0 amide bonds. The Kier molecular flexibility index (Phi) is 3.50. The number of aryl methyl sites for hydroxylation is 1. The summed E-state index contributed by atoms with van der Waals surface area (Å²) in [7, 11) is 2.20. The SMILES string of the molecule is Cc1ccc2c(c1)c1c(n2/C=C/c2ccccn2)CCN(C)C1. The monoisotopic (exact) mass is 303 g/mol. The summed E-state index contributed by atoms with van der Waals surface area (Å²) >= 11 is 0. The fraction of sp³-hybridized carbons (Fsp3) is 0.250. The van der Waals surface area contributed by atoms with Crippen molar-refractivity contribution in [3.05, 3.63) is 65.1 Å². The van der Waals surface area contributed by atoms with Gasteiger partial charge in [0.05, 0.1) is 11.2 Å². The fourth-order valence-corrected chi connectivity index (χ4v) is 3.44. The van der Waals surface area contributed by atoms with Crippen LogP contribution in [0.1, 0.15) is 22.5 Å². The quantitative estimate of drug-likeness (QED) is 0.714. The second kappa shape index (κ2) is 5.67. The van der Waals surface area contributed by atoms with Crippen LogP contribution in [-0.4, -0.2) is 28.0 Å². The number of hydrogen-bond donors (Lipinski definition) is 0. The average molecular weight is 303 g/mol.